The van der Waals surface area contributed by atoms with Gasteiger partial charge in [0.05, 0.1) is 12.7 Å². The molecular formula is C19H20O. The van der Waals surface area contributed by atoms with Crippen LogP contribution in [0.15, 0.2) is 86.0 Å². The van der Waals surface area contributed by atoms with Crippen molar-refractivity contribution >= 4 is 0 Å². The molecule has 0 saturated heterocycles. The maximum Gasteiger partial charge on any atom is 0.0932 e. The van der Waals surface area contributed by atoms with Crippen LogP contribution in [0.5, 0.6) is 0 Å². The molecule has 0 aliphatic heterocycles. The Bertz CT molecular complexity index is 530. The largest absolute Gasteiger partial charge is 0.369 e. The van der Waals surface area contributed by atoms with Gasteiger partial charge in [-0.15, -0.1) is 13.2 Å². The fraction of sp³-hybridized carbons (Fsp3) is 0.158. The van der Waals surface area contributed by atoms with Gasteiger partial charge in [-0.25, -0.2) is 0 Å². The predicted octanol–water partition coefficient (Wildman–Crippen LogP) is 4.90. The van der Waals surface area contributed by atoms with Gasteiger partial charge >= 0.3 is 0 Å². The highest BCUT2D eigenvalue weighted by atomic mass is 16.5. The van der Waals surface area contributed by atoms with Gasteiger partial charge in [0.2, 0.25) is 0 Å². The Labute approximate surface area is 121 Å². The van der Waals surface area contributed by atoms with Gasteiger partial charge < -0.3 is 4.74 Å². The van der Waals surface area contributed by atoms with Gasteiger partial charge in [-0.2, -0.15) is 0 Å². The summed E-state index contributed by atoms with van der Waals surface area (Å²) in [6.45, 7) is 8.24. The van der Waals surface area contributed by atoms with Crippen molar-refractivity contribution in [2.45, 2.75) is 12.0 Å². The smallest absolute Gasteiger partial charge is 0.0932 e. The third-order valence-electron chi connectivity index (χ3n) is 3.29. The molecule has 0 radical (unpaired) electrons. The van der Waals surface area contributed by atoms with E-state index in [9.17, 15) is 0 Å². The molecule has 0 unspecified atom stereocenters. The van der Waals surface area contributed by atoms with E-state index in [2.05, 4.69) is 37.4 Å². The number of hydrogen-bond donors (Lipinski definition) is 0. The molecule has 2 aromatic carbocycles. The molecule has 0 bridgehead atoms. The minimum Gasteiger partial charge on any atom is -0.369 e. The Balaban J connectivity index is 2.33. The summed E-state index contributed by atoms with van der Waals surface area (Å²) < 4.78 is 6.00. The minimum absolute atomic E-state index is 0.0471. The van der Waals surface area contributed by atoms with Gasteiger partial charge in [0, 0.05) is 5.92 Å². The zero-order valence-electron chi connectivity index (χ0n) is 11.6. The molecule has 1 nitrogen and oxygen atoms in total. The number of hydrogen-bond acceptors (Lipinski definition) is 1. The Kier molecular flexibility index (Phi) is 5.33. The maximum atomic E-state index is 6.00. The summed E-state index contributed by atoms with van der Waals surface area (Å²) in [4.78, 5) is 0. The van der Waals surface area contributed by atoms with Crippen LogP contribution in [0, 0.1) is 0 Å². The second kappa shape index (κ2) is 7.46. The Hall–Kier alpha value is -2.12. The lowest BCUT2D eigenvalue weighted by Gasteiger charge is -2.25. The summed E-state index contributed by atoms with van der Waals surface area (Å²) in [5.74, 6) is 0.124. The van der Waals surface area contributed by atoms with Crippen LogP contribution in [0.1, 0.15) is 23.1 Å². The van der Waals surface area contributed by atoms with Gasteiger partial charge in [0.15, 0.2) is 0 Å². The average molecular weight is 264 g/mol. The second-order valence-electron chi connectivity index (χ2n) is 4.63. The molecule has 0 spiro atoms. The lowest BCUT2D eigenvalue weighted by Crippen LogP contribution is -2.13. The van der Waals surface area contributed by atoms with E-state index in [1.54, 1.807) is 6.08 Å². The molecule has 2 rings (SSSR count). The van der Waals surface area contributed by atoms with E-state index in [-0.39, 0.29) is 12.0 Å². The van der Waals surface area contributed by atoms with Gasteiger partial charge in [0.1, 0.15) is 0 Å². The van der Waals surface area contributed by atoms with Crippen molar-refractivity contribution < 1.29 is 4.74 Å². The van der Waals surface area contributed by atoms with Gasteiger partial charge in [-0.1, -0.05) is 72.8 Å². The van der Waals surface area contributed by atoms with E-state index in [0.717, 1.165) is 5.56 Å². The third kappa shape index (κ3) is 3.46. The van der Waals surface area contributed by atoms with E-state index in [1.807, 2.05) is 42.5 Å². The van der Waals surface area contributed by atoms with E-state index in [4.69, 9.17) is 4.74 Å². The summed E-state index contributed by atoms with van der Waals surface area (Å²) in [5, 5.41) is 0. The molecular weight excluding hydrogens is 244 g/mol. The first-order valence-electron chi connectivity index (χ1n) is 6.81. The van der Waals surface area contributed by atoms with Crippen LogP contribution in [0.4, 0.5) is 0 Å². The summed E-state index contributed by atoms with van der Waals surface area (Å²) in [7, 11) is 0. The maximum absolute atomic E-state index is 6.00. The SMILES string of the molecule is C=CCO[C@H](c1ccccc1)[C@H](C=C)c1ccccc1. The van der Waals surface area contributed by atoms with Gasteiger partial charge in [-0.3, -0.25) is 0 Å². The fourth-order valence-corrected chi connectivity index (χ4v) is 2.33. The van der Waals surface area contributed by atoms with E-state index < -0.39 is 0 Å². The van der Waals surface area contributed by atoms with Crippen LogP contribution in [-0.2, 0) is 4.74 Å². The van der Waals surface area contributed by atoms with Crippen LogP contribution < -0.4 is 0 Å². The summed E-state index contributed by atoms with van der Waals surface area (Å²) in [6.07, 6.45) is 3.69. The summed E-state index contributed by atoms with van der Waals surface area (Å²) in [5.41, 5.74) is 2.36. The highest BCUT2D eigenvalue weighted by Crippen LogP contribution is 2.34. The molecule has 0 aromatic heterocycles. The number of ether oxygens (including phenoxy) is 1. The van der Waals surface area contributed by atoms with Crippen LogP contribution >= 0.6 is 0 Å². The van der Waals surface area contributed by atoms with E-state index in [0.29, 0.717) is 6.61 Å². The van der Waals surface area contributed by atoms with Crippen molar-refractivity contribution in [1.82, 2.24) is 0 Å². The zero-order chi connectivity index (χ0) is 14.2. The molecule has 2 aromatic rings. The first-order chi connectivity index (χ1) is 9.86. The second-order valence-corrected chi connectivity index (χ2v) is 4.63. The first kappa shape index (κ1) is 14.3. The molecule has 1 heteroatoms. The fourth-order valence-electron chi connectivity index (χ4n) is 2.33. The highest BCUT2D eigenvalue weighted by molar-refractivity contribution is 5.30. The van der Waals surface area contributed by atoms with Crippen molar-refractivity contribution in [3.05, 3.63) is 97.1 Å². The Morgan fingerprint density at radius 3 is 1.90 bits per heavy atom. The van der Waals surface area contributed by atoms with Crippen LogP contribution in [0.2, 0.25) is 0 Å². The predicted molar refractivity (Wildman–Crippen MR) is 84.7 cm³/mol. The standard InChI is InChI=1S/C19H20O/c1-3-15-20-19(17-13-9-6-10-14-17)18(4-2)16-11-7-5-8-12-16/h3-14,18-19H,1-2,15H2/t18-,19-/m1/s1. The van der Waals surface area contributed by atoms with E-state index >= 15 is 0 Å². The first-order valence-corrected chi connectivity index (χ1v) is 6.81. The Morgan fingerprint density at radius 2 is 1.40 bits per heavy atom. The van der Waals surface area contributed by atoms with E-state index in [1.165, 1.54) is 5.56 Å². The number of benzene rings is 2. The van der Waals surface area contributed by atoms with Crippen LogP contribution in [-0.4, -0.2) is 6.61 Å². The molecule has 0 amide bonds. The monoisotopic (exact) mass is 264 g/mol. The van der Waals surface area contributed by atoms with Crippen molar-refractivity contribution in [3.8, 4) is 0 Å². The molecule has 20 heavy (non-hydrogen) atoms. The van der Waals surface area contributed by atoms with Gasteiger partial charge in [0.25, 0.3) is 0 Å². The molecule has 0 heterocycles. The molecule has 0 aliphatic carbocycles. The topological polar surface area (TPSA) is 9.23 Å². The normalized spacial score (nSPS) is 13.4. The summed E-state index contributed by atoms with van der Waals surface area (Å²) in [6, 6.07) is 20.6. The molecule has 102 valence electrons. The minimum atomic E-state index is -0.0471. The Morgan fingerprint density at radius 1 is 0.850 bits per heavy atom. The van der Waals surface area contributed by atoms with Gasteiger partial charge in [-0.05, 0) is 11.1 Å². The highest BCUT2D eigenvalue weighted by Gasteiger charge is 2.22. The van der Waals surface area contributed by atoms with Crippen molar-refractivity contribution in [2.24, 2.45) is 0 Å². The summed E-state index contributed by atoms with van der Waals surface area (Å²) >= 11 is 0. The molecule has 0 aliphatic rings. The molecule has 0 fully saturated rings. The van der Waals surface area contributed by atoms with Crippen LogP contribution in [0.3, 0.4) is 0 Å². The lowest BCUT2D eigenvalue weighted by atomic mass is 9.89. The molecule has 2 atom stereocenters. The van der Waals surface area contributed by atoms with Crippen molar-refractivity contribution in [3.63, 3.8) is 0 Å². The quantitative estimate of drug-likeness (QED) is 0.646. The zero-order valence-corrected chi connectivity index (χ0v) is 11.6. The number of rotatable bonds is 7. The molecule has 0 N–H and O–H groups in total. The third-order valence-corrected chi connectivity index (χ3v) is 3.29. The van der Waals surface area contributed by atoms with Crippen LogP contribution in [0.25, 0.3) is 0 Å². The van der Waals surface area contributed by atoms with Crippen molar-refractivity contribution in [2.75, 3.05) is 6.61 Å². The van der Waals surface area contributed by atoms with Crippen molar-refractivity contribution in [1.29, 1.82) is 0 Å². The average Bonchev–Trinajstić information content (AvgIpc) is 2.53. The lowest BCUT2D eigenvalue weighted by molar-refractivity contribution is 0.0634. The molecule has 0 saturated carbocycles.